The Labute approximate surface area is 119 Å². The van der Waals surface area contributed by atoms with Crippen molar-refractivity contribution in [3.05, 3.63) is 32.6 Å². The van der Waals surface area contributed by atoms with Crippen LogP contribution in [0.25, 0.3) is 0 Å². The topological polar surface area (TPSA) is 105 Å². The second-order valence-corrected chi connectivity index (χ2v) is 4.09. The van der Waals surface area contributed by atoms with Crippen LogP contribution in [0.5, 0.6) is 0 Å². The van der Waals surface area contributed by atoms with E-state index in [2.05, 4.69) is 4.98 Å². The van der Waals surface area contributed by atoms with Crippen molar-refractivity contribution in [3.63, 3.8) is 0 Å². The van der Waals surface area contributed by atoms with Gasteiger partial charge in [-0.2, -0.15) is 0 Å². The van der Waals surface area contributed by atoms with Crippen molar-refractivity contribution in [3.8, 4) is 0 Å². The molecule has 0 radical (unpaired) electrons. The van der Waals surface area contributed by atoms with Gasteiger partial charge < -0.3 is 14.9 Å². The number of H-pyrrole nitrogens is 1. The Hall–Kier alpha value is -0.710. The molecule has 0 unspecified atom stereocenters. The van der Waals surface area contributed by atoms with Crippen LogP contribution in [0.4, 0.5) is 0 Å². The summed E-state index contributed by atoms with van der Waals surface area (Å²) in [7, 11) is 0. The number of aromatic nitrogens is 2. The molecule has 1 aliphatic heterocycles. The van der Waals surface area contributed by atoms with Gasteiger partial charge in [0, 0.05) is 18.2 Å². The number of aliphatic hydroxyl groups is 2. The maximum Gasteiger partial charge on any atom is 0.330 e. The zero-order chi connectivity index (χ0) is 12.6. The molecule has 8 heteroatoms. The number of aryl methyl sites for hydroxylation is 1. The molecular weight excluding hydrogens is 355 g/mol. The number of halogens is 1. The Morgan fingerprint density at radius 1 is 1.56 bits per heavy atom. The van der Waals surface area contributed by atoms with Gasteiger partial charge in [-0.15, -0.1) is 24.0 Å². The molecule has 2 rings (SSSR count). The SMILES string of the molecule is Cc1cn([C@H]2C[C@H](O)[C@@H](CO)O2)c(=O)[nH]c1=O.I. The molecule has 102 valence electrons. The summed E-state index contributed by atoms with van der Waals surface area (Å²) in [4.78, 5) is 24.9. The minimum Gasteiger partial charge on any atom is -0.394 e. The van der Waals surface area contributed by atoms with Crippen molar-refractivity contribution in [2.75, 3.05) is 6.61 Å². The average molecular weight is 370 g/mol. The van der Waals surface area contributed by atoms with Gasteiger partial charge in [0.05, 0.1) is 12.7 Å². The average Bonchev–Trinajstić information content (AvgIpc) is 2.65. The predicted octanol–water partition coefficient (Wildman–Crippen LogP) is -0.896. The molecule has 0 bridgehead atoms. The van der Waals surface area contributed by atoms with Gasteiger partial charge >= 0.3 is 5.69 Å². The molecule has 0 saturated carbocycles. The predicted molar refractivity (Wildman–Crippen MR) is 73.1 cm³/mol. The van der Waals surface area contributed by atoms with E-state index in [-0.39, 0.29) is 37.0 Å². The lowest BCUT2D eigenvalue weighted by molar-refractivity contribution is -0.0459. The van der Waals surface area contributed by atoms with Crippen LogP contribution in [0, 0.1) is 6.92 Å². The first-order chi connectivity index (χ1) is 8.02. The largest absolute Gasteiger partial charge is 0.394 e. The molecule has 1 aromatic heterocycles. The molecule has 3 atom stereocenters. The molecular formula is C10H15IN2O5. The summed E-state index contributed by atoms with van der Waals surface area (Å²) in [5.41, 5.74) is -0.643. The van der Waals surface area contributed by atoms with Crippen molar-refractivity contribution >= 4 is 24.0 Å². The van der Waals surface area contributed by atoms with Gasteiger partial charge in [0.25, 0.3) is 5.56 Å². The van der Waals surface area contributed by atoms with Gasteiger partial charge in [-0.25, -0.2) is 4.79 Å². The highest BCUT2D eigenvalue weighted by Crippen LogP contribution is 2.27. The third kappa shape index (κ3) is 2.82. The van der Waals surface area contributed by atoms with Gasteiger partial charge in [-0.3, -0.25) is 14.3 Å². The number of nitrogens with one attached hydrogen (secondary N) is 1. The van der Waals surface area contributed by atoms with E-state index in [0.717, 1.165) is 0 Å². The Balaban J connectivity index is 0.00000162. The van der Waals surface area contributed by atoms with Gasteiger partial charge in [0.2, 0.25) is 0 Å². The van der Waals surface area contributed by atoms with E-state index in [0.29, 0.717) is 5.56 Å². The second-order valence-electron chi connectivity index (χ2n) is 4.09. The smallest absolute Gasteiger partial charge is 0.330 e. The summed E-state index contributed by atoms with van der Waals surface area (Å²) in [6.45, 7) is 1.26. The number of hydrogen-bond acceptors (Lipinski definition) is 5. The lowest BCUT2D eigenvalue weighted by Gasteiger charge is -2.14. The molecule has 0 spiro atoms. The highest BCUT2D eigenvalue weighted by molar-refractivity contribution is 14.0. The minimum atomic E-state index is -0.816. The minimum absolute atomic E-state index is 0. The zero-order valence-electron chi connectivity index (χ0n) is 9.70. The number of aromatic amines is 1. The number of hydrogen-bond donors (Lipinski definition) is 3. The molecule has 0 aliphatic carbocycles. The molecule has 0 aromatic carbocycles. The summed E-state index contributed by atoms with van der Waals surface area (Å²) in [6, 6.07) is 0. The summed E-state index contributed by atoms with van der Waals surface area (Å²) < 4.78 is 6.54. The summed E-state index contributed by atoms with van der Waals surface area (Å²) in [5.74, 6) is 0. The second kappa shape index (κ2) is 5.95. The third-order valence-electron chi connectivity index (χ3n) is 2.84. The lowest BCUT2D eigenvalue weighted by Crippen LogP contribution is -2.33. The van der Waals surface area contributed by atoms with Gasteiger partial charge in [-0.05, 0) is 6.92 Å². The number of rotatable bonds is 2. The van der Waals surface area contributed by atoms with Crippen LogP contribution in [0.2, 0.25) is 0 Å². The van der Waals surface area contributed by atoms with Gasteiger partial charge in [0.15, 0.2) is 0 Å². The first-order valence-electron chi connectivity index (χ1n) is 5.29. The fourth-order valence-corrected chi connectivity index (χ4v) is 1.85. The van der Waals surface area contributed by atoms with Crippen molar-refractivity contribution in [1.29, 1.82) is 0 Å². The first kappa shape index (κ1) is 15.3. The van der Waals surface area contributed by atoms with E-state index in [1.54, 1.807) is 6.92 Å². The molecule has 1 aliphatic rings. The fourth-order valence-electron chi connectivity index (χ4n) is 1.85. The van der Waals surface area contributed by atoms with Crippen molar-refractivity contribution < 1.29 is 14.9 Å². The zero-order valence-corrected chi connectivity index (χ0v) is 12.0. The van der Waals surface area contributed by atoms with Crippen LogP contribution in [-0.4, -0.2) is 38.6 Å². The van der Waals surface area contributed by atoms with Gasteiger partial charge in [-0.1, -0.05) is 0 Å². The number of nitrogens with zero attached hydrogens (tertiary/aromatic N) is 1. The molecule has 2 heterocycles. The van der Waals surface area contributed by atoms with Crippen LogP contribution in [0.15, 0.2) is 15.8 Å². The molecule has 1 aromatic rings. The van der Waals surface area contributed by atoms with Gasteiger partial charge in [0.1, 0.15) is 12.3 Å². The van der Waals surface area contributed by atoms with E-state index in [9.17, 15) is 14.7 Å². The van der Waals surface area contributed by atoms with Crippen molar-refractivity contribution in [2.45, 2.75) is 31.8 Å². The Morgan fingerprint density at radius 2 is 2.22 bits per heavy atom. The van der Waals surface area contributed by atoms with Crippen molar-refractivity contribution in [2.24, 2.45) is 0 Å². The Bertz CT molecular complexity index is 526. The van der Waals surface area contributed by atoms with E-state index < -0.39 is 29.7 Å². The highest BCUT2D eigenvalue weighted by atomic mass is 127. The Kier molecular flexibility index (Phi) is 5.08. The number of aliphatic hydroxyl groups excluding tert-OH is 2. The van der Waals surface area contributed by atoms with Crippen LogP contribution in [0.1, 0.15) is 18.2 Å². The molecule has 0 amide bonds. The lowest BCUT2D eigenvalue weighted by atomic mass is 10.2. The fraction of sp³-hybridized carbons (Fsp3) is 0.600. The quantitative estimate of drug-likeness (QED) is 0.586. The van der Waals surface area contributed by atoms with Crippen LogP contribution < -0.4 is 11.2 Å². The molecule has 1 saturated heterocycles. The number of ether oxygens (including phenoxy) is 1. The van der Waals surface area contributed by atoms with Crippen molar-refractivity contribution in [1.82, 2.24) is 9.55 Å². The molecule has 3 N–H and O–H groups in total. The Morgan fingerprint density at radius 3 is 2.78 bits per heavy atom. The molecule has 7 nitrogen and oxygen atoms in total. The van der Waals surface area contributed by atoms with Crippen LogP contribution in [-0.2, 0) is 4.74 Å². The summed E-state index contributed by atoms with van der Waals surface area (Å²) >= 11 is 0. The monoisotopic (exact) mass is 370 g/mol. The summed E-state index contributed by atoms with van der Waals surface area (Å²) in [5, 5.41) is 18.5. The maximum absolute atomic E-state index is 11.6. The van der Waals surface area contributed by atoms with E-state index in [1.165, 1.54) is 10.8 Å². The van der Waals surface area contributed by atoms with Crippen LogP contribution in [0.3, 0.4) is 0 Å². The molecule has 18 heavy (non-hydrogen) atoms. The third-order valence-corrected chi connectivity index (χ3v) is 2.84. The first-order valence-corrected chi connectivity index (χ1v) is 5.29. The van der Waals surface area contributed by atoms with Crippen LogP contribution >= 0.6 is 24.0 Å². The standard InChI is InChI=1S/C10H14N2O5.HI/c1-5-3-12(10(16)11-9(5)15)8-2-6(14)7(4-13)17-8;/h3,6-8,13-14H,2,4H2,1H3,(H,11,15,16);1H/t6-,7+,8+;/m0./s1. The normalized spacial score (nSPS) is 26.9. The van der Waals surface area contributed by atoms with E-state index >= 15 is 0 Å². The van der Waals surface area contributed by atoms with E-state index in [4.69, 9.17) is 9.84 Å². The summed E-state index contributed by atoms with van der Waals surface area (Å²) in [6.07, 6.45) is -0.581. The maximum atomic E-state index is 11.6. The van der Waals surface area contributed by atoms with E-state index in [1.807, 2.05) is 0 Å². The molecule has 1 fully saturated rings. The highest BCUT2D eigenvalue weighted by Gasteiger charge is 2.34.